The zero-order valence-corrected chi connectivity index (χ0v) is 13.2. The van der Waals surface area contributed by atoms with Gasteiger partial charge in [0.25, 0.3) is 5.91 Å². The number of rotatable bonds is 3. The van der Waals surface area contributed by atoms with E-state index in [9.17, 15) is 4.79 Å². The van der Waals surface area contributed by atoms with Gasteiger partial charge >= 0.3 is 0 Å². The first-order valence-electron chi connectivity index (χ1n) is 7.46. The first-order chi connectivity index (χ1) is 10.6. The lowest BCUT2D eigenvalue weighted by molar-refractivity contribution is 0.0925. The Morgan fingerprint density at radius 1 is 1.50 bits per heavy atom. The van der Waals surface area contributed by atoms with E-state index in [2.05, 4.69) is 22.7 Å². The molecule has 1 fully saturated rings. The molecule has 1 aromatic carbocycles. The van der Waals surface area contributed by atoms with Crippen LogP contribution >= 0.6 is 11.6 Å². The van der Waals surface area contributed by atoms with E-state index >= 15 is 0 Å². The van der Waals surface area contributed by atoms with E-state index < -0.39 is 0 Å². The minimum absolute atomic E-state index is 0.0765. The Hall–Kier alpha value is -1.85. The molecule has 1 aliphatic heterocycles. The molecule has 2 atom stereocenters. The Morgan fingerprint density at radius 2 is 2.36 bits per heavy atom. The summed E-state index contributed by atoms with van der Waals surface area (Å²) in [5.74, 6) is -0.0765. The van der Waals surface area contributed by atoms with Crippen LogP contribution in [0.15, 0.2) is 36.7 Å². The van der Waals surface area contributed by atoms with E-state index in [-0.39, 0.29) is 11.9 Å². The highest BCUT2D eigenvalue weighted by molar-refractivity contribution is 6.30. The van der Waals surface area contributed by atoms with Crippen molar-refractivity contribution in [3.63, 3.8) is 0 Å². The van der Waals surface area contributed by atoms with Crippen molar-refractivity contribution in [3.8, 4) is 5.69 Å². The van der Waals surface area contributed by atoms with Crippen molar-refractivity contribution >= 4 is 17.5 Å². The van der Waals surface area contributed by atoms with Crippen molar-refractivity contribution in [2.45, 2.75) is 31.8 Å². The van der Waals surface area contributed by atoms with Crippen LogP contribution in [-0.4, -0.2) is 34.3 Å². The summed E-state index contributed by atoms with van der Waals surface area (Å²) in [6.45, 7) is 3.07. The molecule has 22 heavy (non-hydrogen) atoms. The Morgan fingerprint density at radius 3 is 3.14 bits per heavy atom. The van der Waals surface area contributed by atoms with E-state index in [4.69, 9.17) is 11.6 Å². The summed E-state index contributed by atoms with van der Waals surface area (Å²) in [6.07, 6.45) is 5.22. The van der Waals surface area contributed by atoms with Gasteiger partial charge in [-0.3, -0.25) is 4.79 Å². The third kappa shape index (κ3) is 3.48. The van der Waals surface area contributed by atoms with Gasteiger partial charge in [-0.25, -0.2) is 4.68 Å². The lowest BCUT2D eigenvalue weighted by atomic mass is 10.0. The van der Waals surface area contributed by atoms with Crippen LogP contribution in [0, 0.1) is 0 Å². The van der Waals surface area contributed by atoms with Crippen molar-refractivity contribution < 1.29 is 4.79 Å². The van der Waals surface area contributed by atoms with Crippen LogP contribution in [0.3, 0.4) is 0 Å². The number of halogens is 1. The van der Waals surface area contributed by atoms with Crippen LogP contribution in [0.2, 0.25) is 5.02 Å². The Labute approximate surface area is 134 Å². The smallest absolute Gasteiger partial charge is 0.254 e. The van der Waals surface area contributed by atoms with Crippen molar-refractivity contribution in [2.24, 2.45) is 0 Å². The summed E-state index contributed by atoms with van der Waals surface area (Å²) in [6, 6.07) is 8.03. The van der Waals surface area contributed by atoms with Crippen LogP contribution in [0.1, 0.15) is 30.1 Å². The molecule has 0 saturated carbocycles. The van der Waals surface area contributed by atoms with Gasteiger partial charge in [-0.05, 0) is 44.5 Å². The van der Waals surface area contributed by atoms with Gasteiger partial charge in [0.1, 0.15) is 0 Å². The second-order valence-electron chi connectivity index (χ2n) is 5.70. The molecule has 5 nitrogen and oxygen atoms in total. The summed E-state index contributed by atoms with van der Waals surface area (Å²) in [5, 5.41) is 11.3. The van der Waals surface area contributed by atoms with Crippen molar-refractivity contribution in [3.05, 3.63) is 47.2 Å². The van der Waals surface area contributed by atoms with Gasteiger partial charge in [-0.2, -0.15) is 5.10 Å². The average molecular weight is 319 g/mol. The van der Waals surface area contributed by atoms with Crippen LogP contribution < -0.4 is 10.6 Å². The van der Waals surface area contributed by atoms with Crippen molar-refractivity contribution in [2.75, 3.05) is 6.54 Å². The Balaban J connectivity index is 1.69. The maximum absolute atomic E-state index is 12.3. The highest BCUT2D eigenvalue weighted by Gasteiger charge is 2.21. The number of aromatic nitrogens is 2. The van der Waals surface area contributed by atoms with E-state index in [1.54, 1.807) is 23.1 Å². The third-order valence-electron chi connectivity index (χ3n) is 3.88. The lowest BCUT2D eigenvalue weighted by Crippen LogP contribution is -2.46. The third-order valence-corrected chi connectivity index (χ3v) is 4.11. The van der Waals surface area contributed by atoms with Gasteiger partial charge in [-0.15, -0.1) is 0 Å². The number of carbonyl (C=O) groups excluding carboxylic acids is 1. The van der Waals surface area contributed by atoms with E-state index in [0.717, 1.165) is 25.1 Å². The normalized spacial score (nSPS) is 21.5. The fourth-order valence-corrected chi connectivity index (χ4v) is 2.92. The summed E-state index contributed by atoms with van der Waals surface area (Å²) in [4.78, 5) is 12.3. The van der Waals surface area contributed by atoms with Crippen LogP contribution in [0.25, 0.3) is 5.69 Å². The number of benzene rings is 1. The quantitative estimate of drug-likeness (QED) is 0.913. The van der Waals surface area contributed by atoms with Crippen molar-refractivity contribution in [1.29, 1.82) is 0 Å². The number of nitrogens with one attached hydrogen (secondary N) is 2. The average Bonchev–Trinajstić information content (AvgIpc) is 2.97. The standard InChI is InChI=1S/C16H19ClN4O/c1-11-7-14(5-6-18-11)20-16(22)12-9-19-21(10-12)15-4-2-3-13(17)8-15/h2-4,8-11,14,18H,5-7H2,1H3,(H,20,22). The minimum Gasteiger partial charge on any atom is -0.349 e. The van der Waals surface area contributed by atoms with Crippen LogP contribution in [0.5, 0.6) is 0 Å². The van der Waals surface area contributed by atoms with Gasteiger partial charge < -0.3 is 10.6 Å². The highest BCUT2D eigenvalue weighted by atomic mass is 35.5. The highest BCUT2D eigenvalue weighted by Crippen LogP contribution is 2.15. The fourth-order valence-electron chi connectivity index (χ4n) is 2.73. The molecule has 0 spiro atoms. The number of hydrogen-bond donors (Lipinski definition) is 2. The molecule has 0 bridgehead atoms. The molecule has 0 radical (unpaired) electrons. The molecule has 0 aliphatic carbocycles. The van der Waals surface area contributed by atoms with Crippen LogP contribution in [0.4, 0.5) is 0 Å². The molecule has 3 rings (SSSR count). The molecular formula is C16H19ClN4O. The summed E-state index contributed by atoms with van der Waals surface area (Å²) >= 11 is 5.98. The molecule has 116 valence electrons. The Kier molecular flexibility index (Phi) is 4.45. The second kappa shape index (κ2) is 6.50. The molecule has 1 aliphatic rings. The molecule has 1 aromatic heterocycles. The zero-order chi connectivity index (χ0) is 15.5. The fraction of sp³-hybridized carbons (Fsp3) is 0.375. The predicted molar refractivity (Wildman–Crippen MR) is 86.5 cm³/mol. The van der Waals surface area contributed by atoms with Gasteiger partial charge in [0.15, 0.2) is 0 Å². The molecule has 2 N–H and O–H groups in total. The first kappa shape index (κ1) is 15.1. The number of hydrogen-bond acceptors (Lipinski definition) is 3. The van der Waals surface area contributed by atoms with E-state index in [0.29, 0.717) is 16.6 Å². The SMILES string of the molecule is CC1CC(NC(=O)c2cnn(-c3cccc(Cl)c3)c2)CCN1. The summed E-state index contributed by atoms with van der Waals surface area (Å²) in [7, 11) is 0. The van der Waals surface area contributed by atoms with Crippen molar-refractivity contribution in [1.82, 2.24) is 20.4 Å². The molecule has 2 unspecified atom stereocenters. The van der Waals surface area contributed by atoms with E-state index in [1.165, 1.54) is 0 Å². The largest absolute Gasteiger partial charge is 0.349 e. The molecule has 6 heteroatoms. The lowest BCUT2D eigenvalue weighted by Gasteiger charge is -2.28. The second-order valence-corrected chi connectivity index (χ2v) is 6.14. The predicted octanol–water partition coefficient (Wildman–Crippen LogP) is 2.40. The molecule has 2 aromatic rings. The molecule has 1 saturated heterocycles. The van der Waals surface area contributed by atoms with Gasteiger partial charge in [0.2, 0.25) is 0 Å². The monoisotopic (exact) mass is 318 g/mol. The minimum atomic E-state index is -0.0765. The molecular weight excluding hydrogens is 300 g/mol. The van der Waals surface area contributed by atoms with Gasteiger partial charge in [-0.1, -0.05) is 17.7 Å². The maximum Gasteiger partial charge on any atom is 0.254 e. The maximum atomic E-state index is 12.3. The van der Waals surface area contributed by atoms with Gasteiger partial charge in [0, 0.05) is 23.3 Å². The summed E-state index contributed by atoms with van der Waals surface area (Å²) < 4.78 is 1.66. The topological polar surface area (TPSA) is 59.0 Å². The molecule has 2 heterocycles. The Bertz CT molecular complexity index is 670. The number of nitrogens with zero attached hydrogens (tertiary/aromatic N) is 2. The molecule has 1 amide bonds. The van der Waals surface area contributed by atoms with Gasteiger partial charge in [0.05, 0.1) is 17.4 Å². The first-order valence-corrected chi connectivity index (χ1v) is 7.84. The number of amides is 1. The van der Waals surface area contributed by atoms with Crippen LogP contribution in [-0.2, 0) is 0 Å². The van der Waals surface area contributed by atoms with E-state index in [1.807, 2.05) is 18.2 Å². The number of piperidine rings is 1. The summed E-state index contributed by atoms with van der Waals surface area (Å²) in [5.41, 5.74) is 1.40. The number of carbonyl (C=O) groups is 1. The zero-order valence-electron chi connectivity index (χ0n) is 12.4.